The van der Waals surface area contributed by atoms with E-state index >= 15 is 0 Å². The molecular formula is C14H6N2O8. The zero-order chi connectivity index (χ0) is 17.8. The first kappa shape index (κ1) is 15.1. The second-order valence-corrected chi connectivity index (χ2v) is 4.92. The van der Waals surface area contributed by atoms with E-state index in [1.165, 1.54) is 0 Å². The van der Waals surface area contributed by atoms with Crippen molar-refractivity contribution in [2.24, 2.45) is 0 Å². The Kier molecular flexibility index (Phi) is 3.04. The molecule has 2 aromatic rings. The largest absolute Gasteiger partial charge is 0.508 e. The minimum absolute atomic E-state index is 0.385. The molecule has 0 radical (unpaired) electrons. The first-order valence-corrected chi connectivity index (χ1v) is 6.35. The summed E-state index contributed by atoms with van der Waals surface area (Å²) in [6.07, 6.45) is 0. The van der Waals surface area contributed by atoms with Gasteiger partial charge in [0.2, 0.25) is 11.5 Å². The summed E-state index contributed by atoms with van der Waals surface area (Å²) in [6.45, 7) is 0. The molecule has 0 bridgehead atoms. The molecule has 0 heterocycles. The first-order chi connectivity index (χ1) is 11.2. The van der Waals surface area contributed by atoms with Gasteiger partial charge in [-0.2, -0.15) is 0 Å². The quantitative estimate of drug-likeness (QED) is 0.530. The molecule has 1 aliphatic carbocycles. The van der Waals surface area contributed by atoms with Crippen molar-refractivity contribution in [1.29, 1.82) is 0 Å². The van der Waals surface area contributed by atoms with Crippen molar-refractivity contribution in [3.63, 3.8) is 0 Å². The highest BCUT2D eigenvalue weighted by Crippen LogP contribution is 2.41. The van der Waals surface area contributed by atoms with Gasteiger partial charge in [0.15, 0.2) is 5.78 Å². The van der Waals surface area contributed by atoms with E-state index in [9.17, 15) is 40.0 Å². The number of fused-ring (bicyclic) bond motifs is 2. The van der Waals surface area contributed by atoms with Crippen LogP contribution in [0, 0.1) is 20.2 Å². The second kappa shape index (κ2) is 4.84. The highest BCUT2D eigenvalue weighted by molar-refractivity contribution is 6.31. The molecule has 0 aliphatic heterocycles. The number of rotatable bonds is 2. The average molecular weight is 330 g/mol. The summed E-state index contributed by atoms with van der Waals surface area (Å²) >= 11 is 0. The van der Waals surface area contributed by atoms with Gasteiger partial charge in [-0.05, 0) is 12.1 Å². The molecule has 10 nitrogen and oxygen atoms in total. The van der Waals surface area contributed by atoms with Crippen LogP contribution in [-0.2, 0) is 0 Å². The molecule has 0 atom stereocenters. The average Bonchev–Trinajstić information content (AvgIpc) is 2.51. The number of ketones is 2. The van der Waals surface area contributed by atoms with Crippen molar-refractivity contribution in [2.75, 3.05) is 0 Å². The summed E-state index contributed by atoms with van der Waals surface area (Å²) < 4.78 is 0. The standard InChI is InChI=1S/C14H6N2O8/c17-5-3-7-10(9(4-5)16(23)24)12(18)6-1-2-8(15(21)22)14(20)11(6)13(7)19/h1-4,17,20H. The van der Waals surface area contributed by atoms with Crippen molar-refractivity contribution in [3.8, 4) is 11.5 Å². The van der Waals surface area contributed by atoms with Crippen molar-refractivity contribution in [1.82, 2.24) is 0 Å². The first-order valence-electron chi connectivity index (χ1n) is 6.35. The third-order valence-corrected chi connectivity index (χ3v) is 3.60. The minimum Gasteiger partial charge on any atom is -0.508 e. The summed E-state index contributed by atoms with van der Waals surface area (Å²) in [7, 11) is 0. The van der Waals surface area contributed by atoms with E-state index in [0.29, 0.717) is 0 Å². The van der Waals surface area contributed by atoms with Crippen molar-refractivity contribution < 1.29 is 29.6 Å². The molecule has 1 aliphatic rings. The van der Waals surface area contributed by atoms with E-state index in [2.05, 4.69) is 0 Å². The monoisotopic (exact) mass is 330 g/mol. The van der Waals surface area contributed by atoms with Gasteiger partial charge in [-0.1, -0.05) is 0 Å². The van der Waals surface area contributed by atoms with Crippen molar-refractivity contribution in [2.45, 2.75) is 0 Å². The second-order valence-electron chi connectivity index (χ2n) is 4.92. The van der Waals surface area contributed by atoms with Gasteiger partial charge in [0.25, 0.3) is 5.69 Å². The number of phenols is 2. The van der Waals surface area contributed by atoms with Gasteiger partial charge in [-0.15, -0.1) is 0 Å². The molecule has 0 saturated heterocycles. The van der Waals surface area contributed by atoms with E-state index in [4.69, 9.17) is 0 Å². The van der Waals surface area contributed by atoms with Crippen LogP contribution in [0.15, 0.2) is 24.3 Å². The van der Waals surface area contributed by atoms with Gasteiger partial charge >= 0.3 is 5.69 Å². The number of hydrogen-bond acceptors (Lipinski definition) is 8. The number of aromatic hydroxyl groups is 2. The fourth-order valence-corrected chi connectivity index (χ4v) is 2.59. The van der Waals surface area contributed by atoms with E-state index in [0.717, 1.165) is 24.3 Å². The van der Waals surface area contributed by atoms with Crippen LogP contribution >= 0.6 is 0 Å². The molecule has 0 fully saturated rings. The van der Waals surface area contributed by atoms with Crippen LogP contribution in [0.4, 0.5) is 11.4 Å². The van der Waals surface area contributed by atoms with Gasteiger partial charge in [0.1, 0.15) is 11.3 Å². The van der Waals surface area contributed by atoms with Gasteiger partial charge in [-0.3, -0.25) is 29.8 Å². The number of nitro groups is 2. The molecule has 10 heteroatoms. The maximum atomic E-state index is 12.5. The Morgan fingerprint density at radius 2 is 1.38 bits per heavy atom. The molecule has 2 N–H and O–H groups in total. The molecule has 2 aromatic carbocycles. The Morgan fingerprint density at radius 1 is 0.792 bits per heavy atom. The number of phenolic OH excluding ortho intramolecular Hbond substituents is 2. The van der Waals surface area contributed by atoms with E-state index < -0.39 is 61.0 Å². The summed E-state index contributed by atoms with van der Waals surface area (Å²) in [6, 6.07) is 3.34. The minimum atomic E-state index is -1.03. The molecule has 3 rings (SSSR count). The summed E-state index contributed by atoms with van der Waals surface area (Å²) in [5.41, 5.74) is -3.61. The molecule has 0 amide bonds. The van der Waals surface area contributed by atoms with E-state index in [-0.39, 0.29) is 5.56 Å². The van der Waals surface area contributed by atoms with Crippen LogP contribution in [0.1, 0.15) is 31.8 Å². The lowest BCUT2D eigenvalue weighted by atomic mass is 9.82. The number of nitrogens with zero attached hydrogens (tertiary/aromatic N) is 2. The fourth-order valence-electron chi connectivity index (χ4n) is 2.59. The smallest absolute Gasteiger partial charge is 0.311 e. The van der Waals surface area contributed by atoms with Gasteiger partial charge in [0.05, 0.1) is 21.5 Å². The van der Waals surface area contributed by atoms with Gasteiger partial charge < -0.3 is 10.2 Å². The van der Waals surface area contributed by atoms with Gasteiger partial charge in [-0.25, -0.2) is 0 Å². The number of benzene rings is 2. The third-order valence-electron chi connectivity index (χ3n) is 3.60. The predicted molar refractivity (Wildman–Crippen MR) is 76.4 cm³/mol. The Balaban J connectivity index is 2.38. The van der Waals surface area contributed by atoms with E-state index in [1.807, 2.05) is 0 Å². The summed E-state index contributed by atoms with van der Waals surface area (Å²) in [5, 5.41) is 41.4. The Hall–Kier alpha value is -3.82. The Morgan fingerprint density at radius 3 is 1.96 bits per heavy atom. The lowest BCUT2D eigenvalue weighted by Gasteiger charge is -2.18. The normalized spacial score (nSPS) is 12.5. The number of carbonyl (C=O) groups excluding carboxylic acids is 2. The Bertz CT molecular complexity index is 979. The topological polar surface area (TPSA) is 161 Å². The Labute approximate surface area is 131 Å². The lowest BCUT2D eigenvalue weighted by Crippen LogP contribution is -2.22. The van der Waals surface area contributed by atoms with Crippen LogP contribution < -0.4 is 0 Å². The maximum absolute atomic E-state index is 12.5. The number of hydrogen-bond donors (Lipinski definition) is 2. The molecule has 0 unspecified atom stereocenters. The zero-order valence-corrected chi connectivity index (χ0v) is 11.5. The summed E-state index contributed by atoms with van der Waals surface area (Å²) in [5.74, 6) is -3.61. The number of carbonyl (C=O) groups is 2. The highest BCUT2D eigenvalue weighted by Gasteiger charge is 2.39. The van der Waals surface area contributed by atoms with E-state index in [1.54, 1.807) is 0 Å². The molecular weight excluding hydrogens is 324 g/mol. The molecule has 120 valence electrons. The summed E-state index contributed by atoms with van der Waals surface area (Å²) in [4.78, 5) is 45.1. The van der Waals surface area contributed by atoms with Crippen LogP contribution in [0.25, 0.3) is 0 Å². The molecule has 0 spiro atoms. The van der Waals surface area contributed by atoms with Crippen LogP contribution in [0.3, 0.4) is 0 Å². The molecule has 24 heavy (non-hydrogen) atoms. The van der Waals surface area contributed by atoms with Crippen molar-refractivity contribution >= 4 is 22.9 Å². The fraction of sp³-hybridized carbons (Fsp3) is 0. The predicted octanol–water partition coefficient (Wildman–Crippen LogP) is 1.69. The van der Waals surface area contributed by atoms with Crippen LogP contribution in [-0.4, -0.2) is 31.6 Å². The zero-order valence-electron chi connectivity index (χ0n) is 11.5. The third kappa shape index (κ3) is 1.90. The lowest BCUT2D eigenvalue weighted by molar-refractivity contribution is -0.385. The molecule has 0 saturated carbocycles. The van der Waals surface area contributed by atoms with Crippen LogP contribution in [0.2, 0.25) is 0 Å². The van der Waals surface area contributed by atoms with Crippen molar-refractivity contribution in [3.05, 3.63) is 66.7 Å². The molecule has 0 aromatic heterocycles. The van der Waals surface area contributed by atoms with Crippen LogP contribution in [0.5, 0.6) is 11.5 Å². The number of nitro benzene ring substituents is 2. The SMILES string of the molecule is O=C1c2ccc([N+](=O)[O-])c(O)c2C(=O)c2cc(O)cc([N+](=O)[O-])c21. The highest BCUT2D eigenvalue weighted by atomic mass is 16.6. The van der Waals surface area contributed by atoms with Gasteiger partial charge in [0, 0.05) is 17.2 Å². The maximum Gasteiger partial charge on any atom is 0.311 e.